The van der Waals surface area contributed by atoms with Crippen molar-refractivity contribution in [2.75, 3.05) is 0 Å². The lowest BCUT2D eigenvalue weighted by Gasteiger charge is -2.63. The third-order valence-corrected chi connectivity index (χ3v) is 9.34. The largest absolute Gasteiger partial charge is 0.738 e. The van der Waals surface area contributed by atoms with Gasteiger partial charge in [0.1, 0.15) is 6.17 Å². The number of fused-ring (bicyclic) bond motifs is 5. The number of hydrogen-bond acceptors (Lipinski definition) is 6. The van der Waals surface area contributed by atoms with Crippen LogP contribution in [0.3, 0.4) is 0 Å². The maximum atomic E-state index is 17.1. The van der Waals surface area contributed by atoms with Gasteiger partial charge in [-0.05, 0) is 49.8 Å². The Balaban J connectivity index is 1.87. The minimum absolute atomic E-state index is 0.0362. The summed E-state index contributed by atoms with van der Waals surface area (Å²) in [6.07, 6.45) is 0.529. The van der Waals surface area contributed by atoms with E-state index in [0.717, 1.165) is 6.08 Å². The maximum absolute atomic E-state index is 17.1. The lowest BCUT2D eigenvalue weighted by atomic mass is 9.44. The van der Waals surface area contributed by atoms with Gasteiger partial charge in [0, 0.05) is 29.1 Å². The zero-order chi connectivity index (χ0) is 23.9. The van der Waals surface area contributed by atoms with E-state index in [2.05, 4.69) is 0 Å². The summed E-state index contributed by atoms with van der Waals surface area (Å²) in [4.78, 5) is 37.1. The van der Waals surface area contributed by atoms with Gasteiger partial charge in [-0.25, -0.2) is 8.78 Å². The van der Waals surface area contributed by atoms with Crippen molar-refractivity contribution in [3.05, 3.63) is 23.8 Å². The quantitative estimate of drug-likeness (QED) is 0.507. The van der Waals surface area contributed by atoms with Crippen molar-refractivity contribution in [1.82, 2.24) is 0 Å². The van der Waals surface area contributed by atoms with E-state index in [1.165, 1.54) is 19.1 Å². The lowest BCUT2D eigenvalue weighted by Crippen LogP contribution is -2.70. The first kappa shape index (κ1) is 23.5. The van der Waals surface area contributed by atoms with Crippen LogP contribution in [0, 0.1) is 28.6 Å². The van der Waals surface area contributed by atoms with Gasteiger partial charge in [0.15, 0.2) is 17.1 Å². The summed E-state index contributed by atoms with van der Waals surface area (Å²) < 4.78 is 38.3. The number of carbonyl (C=O) groups excluding carboxylic acids is 3. The number of hydrogen-bond donors (Lipinski definition) is 1. The summed E-state index contributed by atoms with van der Waals surface area (Å²) in [6, 6.07) is 0. The van der Waals surface area contributed by atoms with Crippen molar-refractivity contribution in [3.8, 4) is 0 Å². The predicted octanol–water partition coefficient (Wildman–Crippen LogP) is 3.32. The molecule has 9 unspecified atom stereocenters. The molecule has 0 aliphatic heterocycles. The number of halogens is 2. The average molecular weight is 468 g/mol. The molecule has 0 radical (unpaired) electrons. The van der Waals surface area contributed by atoms with Crippen LogP contribution in [-0.4, -0.2) is 45.5 Å². The summed E-state index contributed by atoms with van der Waals surface area (Å²) in [5.74, 6) is -3.02. The van der Waals surface area contributed by atoms with Crippen LogP contribution in [0.25, 0.3) is 0 Å². The van der Waals surface area contributed by atoms with E-state index in [9.17, 15) is 19.5 Å². The highest BCUT2D eigenvalue weighted by molar-refractivity contribution is 7.77. The molecule has 0 saturated heterocycles. The van der Waals surface area contributed by atoms with E-state index < -0.39 is 69.0 Å². The molecule has 4 aliphatic rings. The van der Waals surface area contributed by atoms with Gasteiger partial charge in [-0.1, -0.05) is 26.8 Å². The number of aliphatic hydroxyl groups is 1. The molecule has 1 N–H and O–H groups in total. The molecule has 32 heavy (non-hydrogen) atoms. The third-order valence-electron chi connectivity index (χ3n) is 9.04. The summed E-state index contributed by atoms with van der Waals surface area (Å²) >= 11 is 5.07. The predicted molar refractivity (Wildman–Crippen MR) is 115 cm³/mol. The van der Waals surface area contributed by atoms with Gasteiger partial charge in [0.05, 0.1) is 11.2 Å². The third kappa shape index (κ3) is 2.59. The first-order chi connectivity index (χ1) is 14.8. The van der Waals surface area contributed by atoms with Crippen LogP contribution in [0.2, 0.25) is 0 Å². The van der Waals surface area contributed by atoms with Gasteiger partial charge in [-0.3, -0.25) is 9.59 Å². The van der Waals surface area contributed by atoms with Crippen LogP contribution in [0.4, 0.5) is 8.78 Å². The van der Waals surface area contributed by atoms with Crippen molar-refractivity contribution in [2.24, 2.45) is 28.6 Å². The highest BCUT2D eigenvalue weighted by Gasteiger charge is 2.76. The molecule has 0 heterocycles. The van der Waals surface area contributed by atoms with Gasteiger partial charge in [-0.2, -0.15) is 0 Å². The monoisotopic (exact) mass is 467 g/mol. The number of carbonyl (C=O) groups is 3. The Hall–Kier alpha value is -1.67. The fraction of sp³-hybridized carbons (Fsp3) is 0.708. The van der Waals surface area contributed by atoms with E-state index in [1.807, 2.05) is 0 Å². The Morgan fingerprint density at radius 3 is 2.53 bits per heavy atom. The second-order valence-electron chi connectivity index (χ2n) is 10.3. The highest BCUT2D eigenvalue weighted by Crippen LogP contribution is 2.71. The van der Waals surface area contributed by atoms with Gasteiger partial charge < -0.3 is 27.3 Å². The molecule has 5 nitrogen and oxygen atoms in total. The van der Waals surface area contributed by atoms with Gasteiger partial charge in [-0.15, -0.1) is 0 Å². The van der Waals surface area contributed by atoms with Crippen molar-refractivity contribution in [1.29, 1.82) is 0 Å². The Kier molecular flexibility index (Phi) is 5.26. The van der Waals surface area contributed by atoms with Crippen LogP contribution in [0.1, 0.15) is 53.4 Å². The maximum Gasteiger partial charge on any atom is 0.306 e. The van der Waals surface area contributed by atoms with E-state index in [1.54, 1.807) is 20.8 Å². The molecule has 3 fully saturated rings. The Labute approximate surface area is 192 Å². The molecule has 0 bridgehead atoms. The van der Waals surface area contributed by atoms with Gasteiger partial charge in [0.2, 0.25) is 0 Å². The van der Waals surface area contributed by atoms with Crippen LogP contribution in [0.15, 0.2) is 23.8 Å². The Morgan fingerprint density at radius 1 is 1.28 bits per heavy atom. The van der Waals surface area contributed by atoms with E-state index in [0.29, 0.717) is 6.42 Å². The summed E-state index contributed by atoms with van der Waals surface area (Å²) in [6.45, 7) is 6.57. The number of allylic oxidation sites excluding steroid dienone is 4. The molecular weight excluding hydrogens is 438 g/mol. The molecule has 3 saturated carbocycles. The number of alkyl halides is 2. The Morgan fingerprint density at radius 2 is 1.94 bits per heavy atom. The van der Waals surface area contributed by atoms with Crippen LogP contribution >= 0.6 is 0 Å². The normalized spacial score (nSPS) is 49.5. The molecule has 4 aliphatic carbocycles. The number of aliphatic hydroxyl groups excluding tert-OH is 1. The zero-order valence-electron chi connectivity index (χ0n) is 18.7. The molecule has 9 atom stereocenters. The van der Waals surface area contributed by atoms with Crippen molar-refractivity contribution < 1.29 is 33.0 Å². The van der Waals surface area contributed by atoms with Crippen LogP contribution < -0.4 is 0 Å². The molecule has 4 rings (SSSR count). The molecular formula is C24H29F2O5S-. The Bertz CT molecular complexity index is 949. The minimum atomic E-state index is -2.25. The molecule has 0 amide bonds. The van der Waals surface area contributed by atoms with Gasteiger partial charge in [0.25, 0.3) is 0 Å². The molecule has 0 aromatic heterocycles. The summed E-state index contributed by atoms with van der Waals surface area (Å²) in [5, 5.41) is 10.5. The number of rotatable bonds is 3. The molecule has 0 aromatic carbocycles. The molecule has 0 aromatic rings. The second-order valence-corrected chi connectivity index (χ2v) is 10.7. The SMILES string of the molecule is CCC(=O)OC1(C(=O)[S-])C(C)CC2C3CC(F)C4=CC(=O)C=CC4(C)C3(F)C(O)CC21C. The van der Waals surface area contributed by atoms with E-state index in [-0.39, 0.29) is 24.8 Å². The van der Waals surface area contributed by atoms with E-state index in [4.69, 9.17) is 17.4 Å². The molecule has 8 heteroatoms. The minimum Gasteiger partial charge on any atom is -0.738 e. The van der Waals surface area contributed by atoms with Crippen molar-refractivity contribution in [3.63, 3.8) is 0 Å². The smallest absolute Gasteiger partial charge is 0.306 e. The highest BCUT2D eigenvalue weighted by atomic mass is 32.1. The van der Waals surface area contributed by atoms with Crippen LogP contribution in [-0.2, 0) is 31.7 Å². The summed E-state index contributed by atoms with van der Waals surface area (Å²) in [5.41, 5.74) is -6.56. The summed E-state index contributed by atoms with van der Waals surface area (Å²) in [7, 11) is 0. The van der Waals surface area contributed by atoms with E-state index >= 15 is 8.78 Å². The average Bonchev–Trinajstić information content (AvgIpc) is 2.93. The molecule has 176 valence electrons. The zero-order valence-corrected chi connectivity index (χ0v) is 19.5. The second kappa shape index (κ2) is 7.16. The topological polar surface area (TPSA) is 80.7 Å². The fourth-order valence-electron chi connectivity index (χ4n) is 7.47. The van der Waals surface area contributed by atoms with Crippen molar-refractivity contribution in [2.45, 2.75) is 76.9 Å². The number of ketones is 1. The number of esters is 1. The fourth-order valence-corrected chi connectivity index (χ4v) is 7.95. The number of ether oxygens (including phenoxy) is 1. The van der Waals surface area contributed by atoms with Crippen LogP contribution in [0.5, 0.6) is 0 Å². The first-order valence-corrected chi connectivity index (χ1v) is 11.6. The lowest BCUT2D eigenvalue weighted by molar-refractivity contribution is -0.228. The first-order valence-electron chi connectivity index (χ1n) is 11.2. The molecule has 0 spiro atoms. The van der Waals surface area contributed by atoms with Gasteiger partial charge >= 0.3 is 5.97 Å². The standard InChI is InChI=1S/C24H30F2O5S/c1-5-19(29)31-24(20(30)32)12(2)8-14-15-10-17(25)16-9-13(27)6-7-21(16,3)23(15,26)18(28)11-22(14,24)4/h6-7,9,12,14-15,17-18,28H,5,8,10-11H2,1-4H3,(H,30,32)/p-1. The van der Waals surface area contributed by atoms with Crippen molar-refractivity contribution >= 4 is 29.5 Å².